The van der Waals surface area contributed by atoms with Crippen molar-refractivity contribution in [2.75, 3.05) is 0 Å². The molecule has 124 valence electrons. The SMILES string of the molecule is CC(C)(C)OC(=O)n1cc(Cc2cccc(C(F)(F)F)c2)cn1. The van der Waals surface area contributed by atoms with Gasteiger partial charge < -0.3 is 4.74 Å². The topological polar surface area (TPSA) is 44.1 Å². The quantitative estimate of drug-likeness (QED) is 0.827. The minimum atomic E-state index is -4.38. The van der Waals surface area contributed by atoms with Gasteiger partial charge in [0.1, 0.15) is 5.60 Å². The van der Waals surface area contributed by atoms with Crippen LogP contribution in [0, 0.1) is 0 Å². The Morgan fingerprint density at radius 3 is 2.52 bits per heavy atom. The van der Waals surface area contributed by atoms with Crippen molar-refractivity contribution >= 4 is 6.09 Å². The zero-order valence-corrected chi connectivity index (χ0v) is 13.0. The second kappa shape index (κ2) is 6.06. The predicted octanol–water partition coefficient (Wildman–Crippen LogP) is 4.28. The van der Waals surface area contributed by atoms with Crippen LogP contribution in [-0.2, 0) is 17.3 Å². The van der Waals surface area contributed by atoms with Gasteiger partial charge in [0, 0.05) is 12.6 Å². The summed E-state index contributed by atoms with van der Waals surface area (Å²) in [6.07, 6.45) is -1.88. The fraction of sp³-hybridized carbons (Fsp3) is 0.375. The molecule has 2 rings (SSSR count). The Hall–Kier alpha value is -2.31. The van der Waals surface area contributed by atoms with Gasteiger partial charge in [-0.3, -0.25) is 0 Å². The molecule has 0 radical (unpaired) electrons. The largest absolute Gasteiger partial charge is 0.442 e. The summed E-state index contributed by atoms with van der Waals surface area (Å²) in [5.41, 5.74) is -0.238. The Balaban J connectivity index is 2.12. The smallest absolute Gasteiger partial charge is 0.435 e. The van der Waals surface area contributed by atoms with Crippen LogP contribution in [0.2, 0.25) is 0 Å². The monoisotopic (exact) mass is 326 g/mol. The third-order valence-corrected chi connectivity index (χ3v) is 2.88. The highest BCUT2D eigenvalue weighted by Gasteiger charge is 2.30. The number of rotatable bonds is 2. The number of aromatic nitrogens is 2. The van der Waals surface area contributed by atoms with Crippen LogP contribution < -0.4 is 0 Å². The number of hydrogen-bond acceptors (Lipinski definition) is 3. The van der Waals surface area contributed by atoms with Gasteiger partial charge in [-0.05, 0) is 38.0 Å². The minimum absolute atomic E-state index is 0.243. The Morgan fingerprint density at radius 2 is 1.91 bits per heavy atom. The number of hydrogen-bond donors (Lipinski definition) is 0. The fourth-order valence-corrected chi connectivity index (χ4v) is 1.95. The van der Waals surface area contributed by atoms with Gasteiger partial charge in [-0.2, -0.15) is 23.0 Å². The fourth-order valence-electron chi connectivity index (χ4n) is 1.95. The molecule has 0 saturated carbocycles. The first-order valence-corrected chi connectivity index (χ1v) is 6.98. The van der Waals surface area contributed by atoms with E-state index in [-0.39, 0.29) is 6.42 Å². The summed E-state index contributed by atoms with van der Waals surface area (Å²) in [5.74, 6) is 0. The van der Waals surface area contributed by atoms with Crippen molar-refractivity contribution in [3.63, 3.8) is 0 Å². The highest BCUT2D eigenvalue weighted by atomic mass is 19.4. The summed E-state index contributed by atoms with van der Waals surface area (Å²) < 4.78 is 44.3. The Kier molecular flexibility index (Phi) is 4.49. The van der Waals surface area contributed by atoms with Crippen molar-refractivity contribution in [2.24, 2.45) is 0 Å². The molecule has 0 aliphatic carbocycles. The first-order valence-electron chi connectivity index (χ1n) is 6.98. The molecule has 0 unspecified atom stereocenters. The lowest BCUT2D eigenvalue weighted by Crippen LogP contribution is -2.27. The highest BCUT2D eigenvalue weighted by Crippen LogP contribution is 2.29. The van der Waals surface area contributed by atoms with Crippen molar-refractivity contribution in [2.45, 2.75) is 39.0 Å². The number of carbonyl (C=O) groups excluding carboxylic acids is 1. The predicted molar refractivity (Wildman–Crippen MR) is 78.1 cm³/mol. The van der Waals surface area contributed by atoms with Gasteiger partial charge in [0.2, 0.25) is 0 Å². The Morgan fingerprint density at radius 1 is 1.22 bits per heavy atom. The lowest BCUT2D eigenvalue weighted by atomic mass is 10.1. The van der Waals surface area contributed by atoms with Gasteiger partial charge in [0.05, 0.1) is 11.8 Å². The maximum absolute atomic E-state index is 12.7. The van der Waals surface area contributed by atoms with E-state index in [1.54, 1.807) is 26.8 Å². The zero-order chi connectivity index (χ0) is 17.3. The maximum atomic E-state index is 12.7. The van der Waals surface area contributed by atoms with E-state index in [2.05, 4.69) is 5.10 Å². The second-order valence-corrected chi connectivity index (χ2v) is 6.15. The lowest BCUT2D eigenvalue weighted by Gasteiger charge is -2.18. The van der Waals surface area contributed by atoms with E-state index in [0.29, 0.717) is 11.1 Å². The van der Waals surface area contributed by atoms with Crippen LogP contribution in [0.1, 0.15) is 37.5 Å². The maximum Gasteiger partial charge on any atom is 0.435 e. The molecule has 2 aromatic rings. The van der Waals surface area contributed by atoms with Crippen LogP contribution >= 0.6 is 0 Å². The first-order chi connectivity index (χ1) is 10.5. The molecular weight excluding hydrogens is 309 g/mol. The van der Waals surface area contributed by atoms with Gasteiger partial charge in [0.15, 0.2) is 0 Å². The van der Waals surface area contributed by atoms with E-state index >= 15 is 0 Å². The van der Waals surface area contributed by atoms with E-state index in [0.717, 1.165) is 16.8 Å². The summed E-state index contributed by atoms with van der Waals surface area (Å²) in [6, 6.07) is 5.06. The molecule has 1 aromatic heterocycles. The van der Waals surface area contributed by atoms with Crippen LogP contribution in [0.25, 0.3) is 0 Å². The molecule has 0 fully saturated rings. The van der Waals surface area contributed by atoms with Crippen molar-refractivity contribution in [3.8, 4) is 0 Å². The number of alkyl halides is 3. The standard InChI is InChI=1S/C16H17F3N2O2/c1-15(2,3)23-14(22)21-10-12(9-20-21)7-11-5-4-6-13(8-11)16(17,18)19/h4-6,8-10H,7H2,1-3H3. The summed E-state index contributed by atoms with van der Waals surface area (Å²) in [4.78, 5) is 11.8. The summed E-state index contributed by atoms with van der Waals surface area (Å²) in [5, 5.41) is 3.89. The molecule has 0 aliphatic heterocycles. The molecule has 23 heavy (non-hydrogen) atoms. The van der Waals surface area contributed by atoms with Gasteiger partial charge >= 0.3 is 12.3 Å². The third kappa shape index (κ3) is 4.84. The van der Waals surface area contributed by atoms with Gasteiger partial charge in [-0.15, -0.1) is 0 Å². The highest BCUT2D eigenvalue weighted by molar-refractivity contribution is 5.69. The molecule has 0 bridgehead atoms. The van der Waals surface area contributed by atoms with E-state index in [9.17, 15) is 18.0 Å². The van der Waals surface area contributed by atoms with Gasteiger partial charge in [-0.25, -0.2) is 4.79 Å². The van der Waals surface area contributed by atoms with Crippen LogP contribution in [0.3, 0.4) is 0 Å². The van der Waals surface area contributed by atoms with Crippen LogP contribution in [0.5, 0.6) is 0 Å². The zero-order valence-electron chi connectivity index (χ0n) is 13.0. The Bertz CT molecular complexity index is 700. The van der Waals surface area contributed by atoms with E-state index in [4.69, 9.17) is 4.74 Å². The van der Waals surface area contributed by atoms with E-state index < -0.39 is 23.4 Å². The minimum Gasteiger partial charge on any atom is -0.442 e. The second-order valence-electron chi connectivity index (χ2n) is 6.15. The number of nitrogens with zero attached hydrogens (tertiary/aromatic N) is 2. The number of carbonyl (C=O) groups is 1. The molecule has 7 heteroatoms. The number of halogens is 3. The average Bonchev–Trinajstić information content (AvgIpc) is 2.85. The number of benzene rings is 1. The first kappa shape index (κ1) is 17.1. The van der Waals surface area contributed by atoms with Crippen molar-refractivity contribution in [3.05, 3.63) is 53.3 Å². The molecule has 1 heterocycles. The summed E-state index contributed by atoms with van der Waals surface area (Å²) in [7, 11) is 0. The van der Waals surface area contributed by atoms with Gasteiger partial charge in [-0.1, -0.05) is 18.2 Å². The number of ether oxygens (including phenoxy) is 1. The van der Waals surface area contributed by atoms with Crippen molar-refractivity contribution in [1.82, 2.24) is 9.78 Å². The summed E-state index contributed by atoms with van der Waals surface area (Å²) in [6.45, 7) is 5.20. The molecular formula is C16H17F3N2O2. The summed E-state index contributed by atoms with van der Waals surface area (Å²) >= 11 is 0. The third-order valence-electron chi connectivity index (χ3n) is 2.88. The van der Waals surface area contributed by atoms with Crippen molar-refractivity contribution < 1.29 is 22.7 Å². The molecule has 1 aromatic carbocycles. The molecule has 0 N–H and O–H groups in total. The van der Waals surface area contributed by atoms with E-state index in [1.807, 2.05) is 0 Å². The molecule has 0 amide bonds. The van der Waals surface area contributed by atoms with Crippen LogP contribution in [-0.4, -0.2) is 21.5 Å². The molecule has 4 nitrogen and oxygen atoms in total. The molecule has 0 atom stereocenters. The molecule has 0 spiro atoms. The molecule has 0 aliphatic rings. The lowest BCUT2D eigenvalue weighted by molar-refractivity contribution is -0.137. The van der Waals surface area contributed by atoms with Crippen LogP contribution in [0.15, 0.2) is 36.7 Å². The van der Waals surface area contributed by atoms with E-state index in [1.165, 1.54) is 18.5 Å². The Labute approximate surface area is 131 Å². The van der Waals surface area contributed by atoms with Crippen LogP contribution in [0.4, 0.5) is 18.0 Å². The van der Waals surface area contributed by atoms with Gasteiger partial charge in [0.25, 0.3) is 0 Å². The average molecular weight is 326 g/mol. The van der Waals surface area contributed by atoms with Crippen molar-refractivity contribution in [1.29, 1.82) is 0 Å². The normalized spacial score (nSPS) is 12.3. The molecule has 0 saturated heterocycles.